The van der Waals surface area contributed by atoms with Gasteiger partial charge in [-0.05, 0) is 80.5 Å². The first-order chi connectivity index (χ1) is 14.3. The summed E-state index contributed by atoms with van der Waals surface area (Å²) >= 11 is 0. The molecule has 4 rings (SSSR count). The molecule has 156 valence electrons. The van der Waals surface area contributed by atoms with Crippen molar-refractivity contribution in [3.63, 3.8) is 0 Å². The topological polar surface area (TPSA) is 63.7 Å². The number of rotatable bonds is 5. The molecule has 30 heavy (non-hydrogen) atoms. The van der Waals surface area contributed by atoms with Crippen LogP contribution in [0.3, 0.4) is 0 Å². The van der Waals surface area contributed by atoms with E-state index in [-0.39, 0.29) is 36.0 Å². The number of amides is 2. The van der Waals surface area contributed by atoms with Crippen LogP contribution in [0.1, 0.15) is 47.7 Å². The number of nitrogens with zero attached hydrogens (tertiary/aromatic N) is 1. The van der Waals surface area contributed by atoms with E-state index in [0.717, 1.165) is 30.4 Å². The average molecular weight is 405 g/mol. The smallest absolute Gasteiger partial charge is 0.237 e. The Morgan fingerprint density at radius 2 is 1.67 bits per heavy atom. The summed E-state index contributed by atoms with van der Waals surface area (Å²) in [7, 11) is 0. The molecule has 1 saturated heterocycles. The summed E-state index contributed by atoms with van der Waals surface area (Å²) in [6.45, 7) is 6.06. The van der Waals surface area contributed by atoms with Crippen molar-refractivity contribution in [2.75, 3.05) is 11.5 Å². The molecule has 0 radical (unpaired) electrons. The van der Waals surface area contributed by atoms with Crippen LogP contribution in [0.25, 0.3) is 0 Å². The fourth-order valence-electron chi connectivity index (χ4n) is 4.48. The number of aryl methyl sites for hydroxylation is 2. The molecule has 0 unspecified atom stereocenters. The predicted octanol–water partition coefficient (Wildman–Crippen LogP) is 4.49. The molecule has 2 aromatic carbocycles. The highest BCUT2D eigenvalue weighted by atomic mass is 16.5. The summed E-state index contributed by atoms with van der Waals surface area (Å²) in [5.74, 6) is 0.374. The minimum atomic E-state index is -0.187. The zero-order chi connectivity index (χ0) is 21.4. The van der Waals surface area contributed by atoms with E-state index in [9.17, 15) is 14.4 Å². The first kappa shape index (κ1) is 20.3. The summed E-state index contributed by atoms with van der Waals surface area (Å²) in [4.78, 5) is 39.4. The van der Waals surface area contributed by atoms with Crippen LogP contribution >= 0.6 is 0 Å². The molecule has 0 bridgehead atoms. The van der Waals surface area contributed by atoms with E-state index in [0.29, 0.717) is 22.9 Å². The Kier molecular flexibility index (Phi) is 5.46. The molecular weight excluding hydrogens is 378 g/mol. The molecule has 1 aliphatic carbocycles. The molecule has 5 nitrogen and oxygen atoms in total. The molecule has 0 spiro atoms. The van der Waals surface area contributed by atoms with Crippen LogP contribution < -0.4 is 9.64 Å². The van der Waals surface area contributed by atoms with Crippen molar-refractivity contribution in [3.8, 4) is 5.75 Å². The number of anilines is 1. The van der Waals surface area contributed by atoms with Crippen LogP contribution in [0.4, 0.5) is 5.69 Å². The number of fused-ring (bicyclic) bond motifs is 1. The van der Waals surface area contributed by atoms with Crippen molar-refractivity contribution in [2.24, 2.45) is 17.8 Å². The maximum absolute atomic E-state index is 12.8. The van der Waals surface area contributed by atoms with Gasteiger partial charge in [-0.3, -0.25) is 19.3 Å². The summed E-state index contributed by atoms with van der Waals surface area (Å²) in [6, 6.07) is 12.4. The normalized spacial score (nSPS) is 23.4. The number of ketones is 1. The number of hydrogen-bond acceptors (Lipinski definition) is 4. The lowest BCUT2D eigenvalue weighted by Crippen LogP contribution is -2.30. The van der Waals surface area contributed by atoms with Gasteiger partial charge in [-0.15, -0.1) is 0 Å². The van der Waals surface area contributed by atoms with Gasteiger partial charge in [0.05, 0.1) is 17.5 Å². The second kappa shape index (κ2) is 8.05. The van der Waals surface area contributed by atoms with Gasteiger partial charge in [0.2, 0.25) is 11.8 Å². The second-order valence-electron chi connectivity index (χ2n) is 8.65. The Morgan fingerprint density at radius 3 is 2.37 bits per heavy atom. The molecule has 5 heteroatoms. The van der Waals surface area contributed by atoms with Crippen LogP contribution in [0, 0.1) is 31.6 Å². The fourth-order valence-corrected chi connectivity index (χ4v) is 4.48. The van der Waals surface area contributed by atoms with E-state index >= 15 is 0 Å². The number of ether oxygens (including phenoxy) is 1. The van der Waals surface area contributed by atoms with Crippen molar-refractivity contribution >= 4 is 23.3 Å². The Labute approximate surface area is 177 Å². The van der Waals surface area contributed by atoms with Gasteiger partial charge in [-0.1, -0.05) is 19.1 Å². The molecule has 0 N–H and O–H groups in total. The van der Waals surface area contributed by atoms with Crippen LogP contribution in [-0.4, -0.2) is 24.2 Å². The lowest BCUT2D eigenvalue weighted by Gasteiger charge is -2.25. The number of Topliss-reactive ketones (excluding diaryl/α,β-unsaturated/α-hetero) is 1. The van der Waals surface area contributed by atoms with E-state index < -0.39 is 0 Å². The molecule has 1 aliphatic heterocycles. The maximum atomic E-state index is 12.8. The van der Waals surface area contributed by atoms with Gasteiger partial charge in [0.1, 0.15) is 5.75 Å². The van der Waals surface area contributed by atoms with Crippen molar-refractivity contribution < 1.29 is 19.1 Å². The van der Waals surface area contributed by atoms with Crippen LogP contribution in [0.15, 0.2) is 42.5 Å². The Morgan fingerprint density at radius 1 is 0.967 bits per heavy atom. The minimum absolute atomic E-state index is 0.0640. The quantitative estimate of drug-likeness (QED) is 0.543. The van der Waals surface area contributed by atoms with Gasteiger partial charge >= 0.3 is 0 Å². The minimum Gasteiger partial charge on any atom is -0.485 e. The van der Waals surface area contributed by atoms with Crippen LogP contribution in [0.2, 0.25) is 0 Å². The zero-order valence-corrected chi connectivity index (χ0v) is 17.7. The molecule has 0 aromatic heterocycles. The van der Waals surface area contributed by atoms with Crippen molar-refractivity contribution in [1.82, 2.24) is 0 Å². The Hall–Kier alpha value is -2.95. The number of carbonyl (C=O) groups is 3. The van der Waals surface area contributed by atoms with E-state index in [2.05, 4.69) is 6.92 Å². The molecule has 2 aromatic rings. The van der Waals surface area contributed by atoms with Gasteiger partial charge < -0.3 is 4.74 Å². The molecule has 2 amide bonds. The van der Waals surface area contributed by atoms with Crippen molar-refractivity contribution in [1.29, 1.82) is 0 Å². The summed E-state index contributed by atoms with van der Waals surface area (Å²) < 4.78 is 5.63. The molecule has 1 heterocycles. The first-order valence-electron chi connectivity index (χ1n) is 10.6. The average Bonchev–Trinajstić information content (AvgIpc) is 2.98. The van der Waals surface area contributed by atoms with E-state index in [1.807, 2.05) is 32.0 Å². The Bertz CT molecular complexity index is 995. The van der Waals surface area contributed by atoms with Gasteiger partial charge in [0, 0.05) is 5.56 Å². The third-order valence-electron chi connectivity index (χ3n) is 6.48. The molecule has 1 saturated carbocycles. The highest BCUT2D eigenvalue weighted by Crippen LogP contribution is 2.42. The number of benzene rings is 2. The largest absolute Gasteiger partial charge is 0.485 e. The summed E-state index contributed by atoms with van der Waals surface area (Å²) in [5, 5.41) is 0. The number of hydrogen-bond donors (Lipinski definition) is 0. The van der Waals surface area contributed by atoms with Crippen molar-refractivity contribution in [3.05, 3.63) is 59.2 Å². The Balaban J connectivity index is 1.42. The van der Waals surface area contributed by atoms with E-state index in [1.165, 1.54) is 4.90 Å². The third-order valence-corrected chi connectivity index (χ3v) is 6.48. The van der Waals surface area contributed by atoms with Crippen LogP contribution in [-0.2, 0) is 9.59 Å². The molecule has 2 fully saturated rings. The van der Waals surface area contributed by atoms with Gasteiger partial charge in [-0.2, -0.15) is 0 Å². The lowest BCUT2D eigenvalue weighted by atomic mass is 9.76. The number of carbonyl (C=O) groups excluding carboxylic acids is 3. The van der Waals surface area contributed by atoms with Crippen LogP contribution in [0.5, 0.6) is 5.75 Å². The molecular formula is C25H27NO4. The standard InChI is InChI=1S/C25H27NO4/c1-15-4-11-21-22(12-15)25(29)26(24(21)28)19-7-9-20(10-8-19)30-14-23(27)18-6-5-16(2)17(3)13-18/h5-10,13,15,21-22H,4,11-12,14H2,1-3H3/t15-,21+,22+/m1/s1. The SMILES string of the molecule is Cc1ccc(C(=O)COc2ccc(N3C(=O)[C@H]4CC[C@@H](C)C[C@@H]4C3=O)cc2)cc1C. The fraction of sp³-hybridized carbons (Fsp3) is 0.400. The predicted molar refractivity (Wildman–Crippen MR) is 115 cm³/mol. The van der Waals surface area contributed by atoms with Gasteiger partial charge in [0.15, 0.2) is 12.4 Å². The molecule has 2 aliphatic rings. The first-order valence-corrected chi connectivity index (χ1v) is 10.6. The lowest BCUT2D eigenvalue weighted by molar-refractivity contribution is -0.122. The number of imide groups is 1. The zero-order valence-electron chi connectivity index (χ0n) is 17.7. The second-order valence-corrected chi connectivity index (χ2v) is 8.65. The highest BCUT2D eigenvalue weighted by Gasteiger charge is 2.49. The van der Waals surface area contributed by atoms with Crippen molar-refractivity contribution in [2.45, 2.75) is 40.0 Å². The van der Waals surface area contributed by atoms with E-state index in [4.69, 9.17) is 4.74 Å². The highest BCUT2D eigenvalue weighted by molar-refractivity contribution is 6.22. The maximum Gasteiger partial charge on any atom is 0.237 e. The summed E-state index contributed by atoms with van der Waals surface area (Å²) in [5.41, 5.74) is 3.41. The third kappa shape index (κ3) is 3.76. The van der Waals surface area contributed by atoms with Gasteiger partial charge in [-0.25, -0.2) is 0 Å². The monoisotopic (exact) mass is 405 g/mol. The molecule has 3 atom stereocenters. The summed E-state index contributed by atoms with van der Waals surface area (Å²) in [6.07, 6.45) is 2.57. The van der Waals surface area contributed by atoms with E-state index in [1.54, 1.807) is 24.3 Å². The van der Waals surface area contributed by atoms with Gasteiger partial charge in [0.25, 0.3) is 0 Å².